The van der Waals surface area contributed by atoms with Gasteiger partial charge in [-0.25, -0.2) is 0 Å². The first-order valence-corrected chi connectivity index (χ1v) is 18.6. The molecule has 0 saturated carbocycles. The van der Waals surface area contributed by atoms with Crippen molar-refractivity contribution in [3.05, 3.63) is 71.8 Å². The van der Waals surface area contributed by atoms with E-state index in [-0.39, 0.29) is 68.6 Å². The van der Waals surface area contributed by atoms with E-state index in [0.717, 1.165) is 5.56 Å². The number of carbonyl (C=O) groups excluding carboxylic acids is 4. The Morgan fingerprint density at radius 3 is 2.21 bits per heavy atom. The number of carbonyl (C=O) groups is 5. The molecule has 5 atom stereocenters. The summed E-state index contributed by atoms with van der Waals surface area (Å²) in [5.41, 5.74) is 12.4. The molecule has 284 valence electrons. The Balaban J connectivity index is 1.43. The molecule has 4 rings (SSSR count). The molecule has 2 aliphatic rings. The van der Waals surface area contributed by atoms with Crippen molar-refractivity contribution >= 4 is 29.6 Å². The molecule has 52 heavy (non-hydrogen) atoms. The summed E-state index contributed by atoms with van der Waals surface area (Å²) >= 11 is 0. The van der Waals surface area contributed by atoms with E-state index in [4.69, 9.17) is 11.5 Å². The maximum atomic E-state index is 14.0. The molecule has 2 saturated heterocycles. The van der Waals surface area contributed by atoms with E-state index in [2.05, 4.69) is 41.9 Å². The molecule has 0 radical (unpaired) electrons. The molecule has 2 aromatic rings. The fraction of sp³-hybridized carbons (Fsp3) is 0.564. The molecule has 13 heteroatoms. The molecule has 0 bridgehead atoms. The van der Waals surface area contributed by atoms with E-state index in [1.54, 1.807) is 9.80 Å². The van der Waals surface area contributed by atoms with Gasteiger partial charge in [0.1, 0.15) is 23.7 Å². The van der Waals surface area contributed by atoms with Crippen LogP contribution >= 0.6 is 0 Å². The molecular weight excluding hydrogens is 662 g/mol. The number of hydrogen-bond donors (Lipinski definition) is 6. The summed E-state index contributed by atoms with van der Waals surface area (Å²) in [6, 6.07) is 16.5. The molecule has 2 fully saturated rings. The number of nitrogens with one attached hydrogen (secondary N) is 3. The van der Waals surface area contributed by atoms with Gasteiger partial charge >= 0.3 is 5.97 Å². The summed E-state index contributed by atoms with van der Waals surface area (Å²) in [5, 5.41) is 18.6. The van der Waals surface area contributed by atoms with Crippen LogP contribution in [-0.4, -0.2) is 107 Å². The van der Waals surface area contributed by atoms with Crippen molar-refractivity contribution in [1.82, 2.24) is 25.8 Å². The molecule has 8 N–H and O–H groups in total. The summed E-state index contributed by atoms with van der Waals surface area (Å²) in [6.45, 7) is 7.53. The first kappa shape index (κ1) is 40.4. The van der Waals surface area contributed by atoms with Gasteiger partial charge in [-0.3, -0.25) is 24.0 Å². The van der Waals surface area contributed by atoms with E-state index < -0.39 is 35.5 Å². The van der Waals surface area contributed by atoms with Gasteiger partial charge in [0.25, 0.3) is 0 Å². The summed E-state index contributed by atoms with van der Waals surface area (Å²) in [7, 11) is 0. The number of likely N-dealkylation sites (tertiary alicyclic amines) is 2. The third kappa shape index (κ3) is 10.6. The lowest BCUT2D eigenvalue weighted by Gasteiger charge is -2.40. The lowest BCUT2D eigenvalue weighted by molar-refractivity contribution is -0.151. The van der Waals surface area contributed by atoms with Crippen LogP contribution in [0.25, 0.3) is 0 Å². The number of carboxylic acids is 1. The molecule has 4 amide bonds. The van der Waals surface area contributed by atoms with E-state index in [0.29, 0.717) is 44.7 Å². The molecule has 0 spiro atoms. The number of nitrogens with zero attached hydrogens (tertiary/aromatic N) is 2. The molecule has 2 aromatic carbocycles. The normalized spacial score (nSPS) is 20.3. The van der Waals surface area contributed by atoms with Crippen LogP contribution in [0.4, 0.5) is 0 Å². The second kappa shape index (κ2) is 19.0. The maximum absolute atomic E-state index is 14.0. The van der Waals surface area contributed by atoms with E-state index in [9.17, 15) is 29.1 Å². The van der Waals surface area contributed by atoms with Crippen LogP contribution < -0.4 is 27.4 Å². The smallest absolute Gasteiger partial charge is 0.323 e. The fourth-order valence-electron chi connectivity index (χ4n) is 7.31. The first-order chi connectivity index (χ1) is 24.8. The molecule has 0 aromatic heterocycles. The number of unbranched alkanes of at least 4 members (excludes halogenated alkanes) is 1. The van der Waals surface area contributed by atoms with Gasteiger partial charge in [0.2, 0.25) is 23.6 Å². The van der Waals surface area contributed by atoms with Gasteiger partial charge in [-0.05, 0) is 75.0 Å². The minimum Gasteiger partial charge on any atom is -0.480 e. The van der Waals surface area contributed by atoms with Crippen LogP contribution in [0.5, 0.6) is 0 Å². The monoisotopic (exact) mass is 719 g/mol. The van der Waals surface area contributed by atoms with Crippen molar-refractivity contribution in [2.24, 2.45) is 17.4 Å². The van der Waals surface area contributed by atoms with Gasteiger partial charge in [-0.15, -0.1) is 0 Å². The van der Waals surface area contributed by atoms with Crippen LogP contribution in [0.1, 0.15) is 76.3 Å². The Labute approximate surface area is 307 Å². The topological polar surface area (TPSA) is 200 Å². The van der Waals surface area contributed by atoms with Crippen molar-refractivity contribution in [3.63, 3.8) is 0 Å². The highest BCUT2D eigenvalue weighted by molar-refractivity contribution is 5.96. The Kier molecular flexibility index (Phi) is 14.7. The standard InChI is InChI=1S/C39H57N7O6/c1-26(2)30(29-14-8-5-9-15-29)24-42-25-34(47)43-31(23-28-12-6-4-7-13-28)35(48)44-32-22-27(3)46(36(32)49)33(16-10-11-19-40)37(50)45-20-17-39(41,18-21-45)38(51)52/h4-9,12-15,26-27,30-33,42H,10-11,16-25,40-41H2,1-3H3,(H,43,47)(H,44,48)(H,51,52)/t27?,30-,31-,32-,33-/m1/s1. The Bertz CT molecular complexity index is 1500. The largest absolute Gasteiger partial charge is 0.480 e. The number of rotatable bonds is 18. The third-order valence-corrected chi connectivity index (χ3v) is 10.5. The number of aliphatic carboxylic acids is 1. The van der Waals surface area contributed by atoms with Crippen molar-refractivity contribution in [2.45, 2.75) is 101 Å². The second-order valence-corrected chi connectivity index (χ2v) is 14.7. The zero-order valence-electron chi connectivity index (χ0n) is 30.8. The van der Waals surface area contributed by atoms with E-state index >= 15 is 0 Å². The number of hydrogen-bond acceptors (Lipinski definition) is 8. The SMILES string of the molecule is CC(C)[C@@H](CNCC(=O)N[C@H](Cc1ccccc1)C(=O)N[C@@H]1CC(C)N([C@H](CCCCN)C(=O)N2CCC(N)(C(=O)O)CC2)C1=O)c1ccccc1. The molecule has 2 heterocycles. The summed E-state index contributed by atoms with van der Waals surface area (Å²) in [5.74, 6) is -1.99. The molecule has 1 unspecified atom stereocenters. The van der Waals surface area contributed by atoms with Crippen molar-refractivity contribution < 1.29 is 29.1 Å². The minimum absolute atomic E-state index is 0.0165. The predicted octanol–water partition coefficient (Wildman–Crippen LogP) is 1.75. The summed E-state index contributed by atoms with van der Waals surface area (Å²) in [4.78, 5) is 69.9. The lowest BCUT2D eigenvalue weighted by Crippen LogP contribution is -2.60. The highest BCUT2D eigenvalue weighted by Crippen LogP contribution is 2.28. The van der Waals surface area contributed by atoms with Crippen molar-refractivity contribution in [2.75, 3.05) is 32.7 Å². The van der Waals surface area contributed by atoms with Crippen LogP contribution in [-0.2, 0) is 30.4 Å². The van der Waals surface area contributed by atoms with Crippen molar-refractivity contribution in [1.29, 1.82) is 0 Å². The number of amides is 4. The van der Waals surface area contributed by atoms with Gasteiger partial charge in [0.15, 0.2) is 0 Å². The number of nitrogens with two attached hydrogens (primary N) is 2. The first-order valence-electron chi connectivity index (χ1n) is 18.6. The van der Waals surface area contributed by atoms with Gasteiger partial charge in [-0.1, -0.05) is 74.5 Å². The lowest BCUT2D eigenvalue weighted by atomic mass is 9.88. The number of carboxylic acid groups (broad SMARTS) is 1. The van der Waals surface area contributed by atoms with E-state index in [1.165, 1.54) is 5.56 Å². The minimum atomic E-state index is -1.39. The van der Waals surface area contributed by atoms with E-state index in [1.807, 2.05) is 55.5 Å². The van der Waals surface area contributed by atoms with Crippen LogP contribution in [0.3, 0.4) is 0 Å². The summed E-state index contributed by atoms with van der Waals surface area (Å²) in [6.07, 6.45) is 2.42. The highest BCUT2D eigenvalue weighted by Gasteiger charge is 2.46. The summed E-state index contributed by atoms with van der Waals surface area (Å²) < 4.78 is 0. The Morgan fingerprint density at radius 1 is 0.981 bits per heavy atom. The van der Waals surface area contributed by atoms with Gasteiger partial charge in [0.05, 0.1) is 6.54 Å². The highest BCUT2D eigenvalue weighted by atomic mass is 16.4. The maximum Gasteiger partial charge on any atom is 0.323 e. The molecular formula is C39H57N7O6. The van der Waals surface area contributed by atoms with Crippen LogP contribution in [0.2, 0.25) is 0 Å². The quantitative estimate of drug-likeness (QED) is 0.124. The van der Waals surface area contributed by atoms with Crippen LogP contribution in [0, 0.1) is 5.92 Å². The zero-order chi connectivity index (χ0) is 37.8. The Hall–Kier alpha value is -4.33. The predicted molar refractivity (Wildman–Crippen MR) is 199 cm³/mol. The average molecular weight is 720 g/mol. The fourth-order valence-corrected chi connectivity index (χ4v) is 7.31. The third-order valence-electron chi connectivity index (χ3n) is 10.5. The Morgan fingerprint density at radius 2 is 1.62 bits per heavy atom. The van der Waals surface area contributed by atoms with Gasteiger partial charge < -0.3 is 42.3 Å². The van der Waals surface area contributed by atoms with Gasteiger partial charge in [0, 0.05) is 32.1 Å². The second-order valence-electron chi connectivity index (χ2n) is 14.7. The van der Waals surface area contributed by atoms with Gasteiger partial charge in [-0.2, -0.15) is 0 Å². The number of benzene rings is 2. The molecule has 0 aliphatic carbocycles. The average Bonchev–Trinajstić information content (AvgIpc) is 3.40. The molecule has 2 aliphatic heterocycles. The molecule has 13 nitrogen and oxygen atoms in total. The zero-order valence-corrected chi connectivity index (χ0v) is 30.8. The van der Waals surface area contributed by atoms with Crippen LogP contribution in [0.15, 0.2) is 60.7 Å². The number of piperidine rings is 1. The van der Waals surface area contributed by atoms with Crippen molar-refractivity contribution in [3.8, 4) is 0 Å².